The summed E-state index contributed by atoms with van der Waals surface area (Å²) in [4.78, 5) is 2.25. The summed E-state index contributed by atoms with van der Waals surface area (Å²) < 4.78 is 1.13. The van der Waals surface area contributed by atoms with Crippen molar-refractivity contribution in [3.8, 4) is 0 Å². The number of hydrogen-bond donors (Lipinski definition) is 1. The van der Waals surface area contributed by atoms with Gasteiger partial charge in [-0.25, -0.2) is 0 Å². The smallest absolute Gasteiger partial charge is 0.0466 e. The van der Waals surface area contributed by atoms with Crippen LogP contribution in [0.2, 0.25) is 0 Å². The van der Waals surface area contributed by atoms with Crippen molar-refractivity contribution in [3.63, 3.8) is 0 Å². The minimum absolute atomic E-state index is 0.426. The van der Waals surface area contributed by atoms with Gasteiger partial charge in [-0.05, 0) is 31.8 Å². The van der Waals surface area contributed by atoms with E-state index in [0.717, 1.165) is 11.0 Å². The SMILES string of the molecule is CC(C)NCC(c1ccc(Br)cc1)N(C)C. The molecule has 0 aliphatic carbocycles. The van der Waals surface area contributed by atoms with E-state index in [9.17, 15) is 0 Å². The van der Waals surface area contributed by atoms with Gasteiger partial charge in [0.2, 0.25) is 0 Å². The molecule has 0 aromatic heterocycles. The Bertz CT molecular complexity index is 306. The summed E-state index contributed by atoms with van der Waals surface area (Å²) in [6.45, 7) is 5.33. The lowest BCUT2D eigenvalue weighted by Crippen LogP contribution is -2.34. The maximum atomic E-state index is 3.49. The molecule has 1 atom stereocenters. The number of benzene rings is 1. The summed E-state index contributed by atoms with van der Waals surface area (Å²) in [6.07, 6.45) is 0. The molecule has 0 saturated carbocycles. The monoisotopic (exact) mass is 284 g/mol. The number of nitrogens with zero attached hydrogens (tertiary/aromatic N) is 1. The average molecular weight is 285 g/mol. The van der Waals surface area contributed by atoms with Crippen molar-refractivity contribution in [3.05, 3.63) is 34.3 Å². The predicted octanol–water partition coefficient (Wildman–Crippen LogP) is 3.05. The number of rotatable bonds is 5. The first-order chi connectivity index (χ1) is 7.50. The molecule has 1 aromatic rings. The van der Waals surface area contributed by atoms with Crippen LogP contribution in [0.4, 0.5) is 0 Å². The second kappa shape index (κ2) is 6.38. The Kier molecular flexibility index (Phi) is 5.46. The summed E-state index contributed by atoms with van der Waals surface area (Å²) in [7, 11) is 4.24. The van der Waals surface area contributed by atoms with Crippen molar-refractivity contribution in [2.45, 2.75) is 25.9 Å². The zero-order valence-corrected chi connectivity index (χ0v) is 12.1. The number of nitrogens with one attached hydrogen (secondary N) is 1. The molecular weight excluding hydrogens is 264 g/mol. The number of hydrogen-bond acceptors (Lipinski definition) is 2. The van der Waals surface area contributed by atoms with Crippen molar-refractivity contribution in [1.82, 2.24) is 10.2 Å². The van der Waals surface area contributed by atoms with Crippen LogP contribution in [-0.4, -0.2) is 31.6 Å². The topological polar surface area (TPSA) is 15.3 Å². The minimum atomic E-state index is 0.426. The van der Waals surface area contributed by atoms with Gasteiger partial charge in [-0.3, -0.25) is 0 Å². The summed E-state index contributed by atoms with van der Waals surface area (Å²) in [5.74, 6) is 0. The Morgan fingerprint density at radius 2 is 1.75 bits per heavy atom. The van der Waals surface area contributed by atoms with Crippen molar-refractivity contribution < 1.29 is 0 Å². The standard InChI is InChI=1S/C13H21BrN2/c1-10(2)15-9-13(16(3)4)11-5-7-12(14)8-6-11/h5-8,10,13,15H,9H2,1-4H3. The number of likely N-dealkylation sites (N-methyl/N-ethyl adjacent to an activating group) is 1. The van der Waals surface area contributed by atoms with Crippen LogP contribution in [0.5, 0.6) is 0 Å². The Morgan fingerprint density at radius 3 is 2.19 bits per heavy atom. The molecule has 2 nitrogen and oxygen atoms in total. The zero-order chi connectivity index (χ0) is 12.1. The van der Waals surface area contributed by atoms with Gasteiger partial charge in [-0.2, -0.15) is 0 Å². The van der Waals surface area contributed by atoms with Gasteiger partial charge in [0.15, 0.2) is 0 Å². The Balaban J connectivity index is 2.73. The van der Waals surface area contributed by atoms with E-state index in [0.29, 0.717) is 12.1 Å². The second-order valence-electron chi connectivity index (χ2n) is 4.59. The van der Waals surface area contributed by atoms with Crippen LogP contribution >= 0.6 is 15.9 Å². The summed E-state index contributed by atoms with van der Waals surface area (Å²) in [6, 6.07) is 9.50. The van der Waals surface area contributed by atoms with Gasteiger partial charge in [0.05, 0.1) is 0 Å². The van der Waals surface area contributed by atoms with E-state index in [2.05, 4.69) is 78.4 Å². The van der Waals surface area contributed by atoms with Gasteiger partial charge in [-0.1, -0.05) is 41.9 Å². The molecule has 16 heavy (non-hydrogen) atoms. The van der Waals surface area contributed by atoms with Crippen molar-refractivity contribution in [1.29, 1.82) is 0 Å². The van der Waals surface area contributed by atoms with Gasteiger partial charge >= 0.3 is 0 Å². The fraction of sp³-hybridized carbons (Fsp3) is 0.538. The quantitative estimate of drug-likeness (QED) is 0.894. The molecular formula is C13H21BrN2. The summed E-state index contributed by atoms with van der Waals surface area (Å²) >= 11 is 3.46. The first kappa shape index (κ1) is 13.7. The van der Waals surface area contributed by atoms with Crippen LogP contribution in [0.25, 0.3) is 0 Å². The molecule has 0 saturated heterocycles. The molecule has 1 unspecified atom stereocenters. The molecule has 0 heterocycles. The highest BCUT2D eigenvalue weighted by molar-refractivity contribution is 9.10. The van der Waals surface area contributed by atoms with Crippen LogP contribution in [0.15, 0.2) is 28.7 Å². The molecule has 1 rings (SSSR count). The molecule has 1 N–H and O–H groups in total. The third-order valence-corrected chi connectivity index (χ3v) is 3.13. The lowest BCUT2D eigenvalue weighted by atomic mass is 10.1. The molecule has 0 radical (unpaired) electrons. The van der Waals surface area contributed by atoms with Crippen LogP contribution in [-0.2, 0) is 0 Å². The van der Waals surface area contributed by atoms with Crippen LogP contribution in [0, 0.1) is 0 Å². The minimum Gasteiger partial charge on any atom is -0.313 e. The van der Waals surface area contributed by atoms with Gasteiger partial charge in [0, 0.05) is 23.1 Å². The predicted molar refractivity (Wildman–Crippen MR) is 73.7 cm³/mol. The Hall–Kier alpha value is -0.380. The maximum Gasteiger partial charge on any atom is 0.0466 e. The molecule has 0 aliphatic heterocycles. The van der Waals surface area contributed by atoms with E-state index < -0.39 is 0 Å². The average Bonchev–Trinajstić information content (AvgIpc) is 2.20. The molecule has 0 aliphatic rings. The third-order valence-electron chi connectivity index (χ3n) is 2.60. The van der Waals surface area contributed by atoms with Crippen molar-refractivity contribution in [2.24, 2.45) is 0 Å². The fourth-order valence-corrected chi connectivity index (χ4v) is 1.90. The molecule has 0 bridgehead atoms. The van der Waals surface area contributed by atoms with Gasteiger partial charge in [0.25, 0.3) is 0 Å². The van der Waals surface area contributed by atoms with E-state index in [-0.39, 0.29) is 0 Å². The highest BCUT2D eigenvalue weighted by atomic mass is 79.9. The molecule has 0 amide bonds. The fourth-order valence-electron chi connectivity index (χ4n) is 1.63. The summed E-state index contributed by atoms with van der Waals surface area (Å²) in [5, 5.41) is 3.49. The summed E-state index contributed by atoms with van der Waals surface area (Å²) in [5.41, 5.74) is 1.35. The number of halogens is 1. The zero-order valence-electron chi connectivity index (χ0n) is 10.5. The van der Waals surface area contributed by atoms with E-state index in [4.69, 9.17) is 0 Å². The first-order valence-electron chi connectivity index (χ1n) is 5.66. The largest absolute Gasteiger partial charge is 0.313 e. The van der Waals surface area contributed by atoms with E-state index in [1.54, 1.807) is 0 Å². The molecule has 1 aromatic carbocycles. The van der Waals surface area contributed by atoms with E-state index in [1.807, 2.05) is 0 Å². The highest BCUT2D eigenvalue weighted by Gasteiger charge is 2.13. The van der Waals surface area contributed by atoms with Crippen LogP contribution in [0.1, 0.15) is 25.5 Å². The third kappa shape index (κ3) is 4.24. The van der Waals surface area contributed by atoms with E-state index in [1.165, 1.54) is 5.56 Å². The first-order valence-corrected chi connectivity index (χ1v) is 6.45. The lowest BCUT2D eigenvalue weighted by Gasteiger charge is -2.26. The van der Waals surface area contributed by atoms with Crippen molar-refractivity contribution >= 4 is 15.9 Å². The molecule has 0 spiro atoms. The van der Waals surface area contributed by atoms with Gasteiger partial charge < -0.3 is 10.2 Å². The lowest BCUT2D eigenvalue weighted by molar-refractivity contribution is 0.283. The Morgan fingerprint density at radius 1 is 1.19 bits per heavy atom. The molecule has 3 heteroatoms. The van der Waals surface area contributed by atoms with E-state index >= 15 is 0 Å². The maximum absolute atomic E-state index is 3.49. The van der Waals surface area contributed by atoms with Crippen LogP contribution in [0.3, 0.4) is 0 Å². The second-order valence-corrected chi connectivity index (χ2v) is 5.51. The molecule has 90 valence electrons. The van der Waals surface area contributed by atoms with Gasteiger partial charge in [-0.15, -0.1) is 0 Å². The van der Waals surface area contributed by atoms with Crippen molar-refractivity contribution in [2.75, 3.05) is 20.6 Å². The van der Waals surface area contributed by atoms with Gasteiger partial charge in [0.1, 0.15) is 0 Å². The normalized spacial score (nSPS) is 13.4. The highest BCUT2D eigenvalue weighted by Crippen LogP contribution is 2.20. The van der Waals surface area contributed by atoms with Crippen LogP contribution < -0.4 is 5.32 Å². The Labute approximate surface area is 107 Å². The molecule has 0 fully saturated rings.